The Morgan fingerprint density at radius 2 is 2.19 bits per heavy atom. The van der Waals surface area contributed by atoms with Crippen molar-refractivity contribution in [3.63, 3.8) is 0 Å². The molecule has 1 unspecified atom stereocenters. The fraction of sp³-hybridized carbons (Fsp3) is 0.231. The molecule has 2 aromatic rings. The summed E-state index contributed by atoms with van der Waals surface area (Å²) in [5.41, 5.74) is 0.834. The zero-order chi connectivity index (χ0) is 11.4. The molecule has 2 rings (SSSR count). The van der Waals surface area contributed by atoms with Gasteiger partial charge in [0.05, 0.1) is 6.04 Å². The standard InChI is InChI=1S/C13H14FNS/c1-2-12(13-7-4-8-16-13)15-11-6-3-5-10(14)9-11/h3-9,12,15H,2H2,1H3. The van der Waals surface area contributed by atoms with Crippen molar-refractivity contribution in [2.24, 2.45) is 0 Å². The molecule has 0 saturated carbocycles. The number of hydrogen-bond acceptors (Lipinski definition) is 2. The lowest BCUT2D eigenvalue weighted by atomic mass is 10.1. The summed E-state index contributed by atoms with van der Waals surface area (Å²) in [5.74, 6) is -0.203. The minimum atomic E-state index is -0.203. The summed E-state index contributed by atoms with van der Waals surface area (Å²) in [5, 5.41) is 5.40. The van der Waals surface area contributed by atoms with E-state index in [9.17, 15) is 4.39 Å². The molecule has 1 heterocycles. The monoisotopic (exact) mass is 235 g/mol. The van der Waals surface area contributed by atoms with Gasteiger partial charge in [-0.1, -0.05) is 19.1 Å². The van der Waals surface area contributed by atoms with Gasteiger partial charge in [-0.05, 0) is 36.1 Å². The van der Waals surface area contributed by atoms with Crippen molar-refractivity contribution in [1.82, 2.24) is 0 Å². The average molecular weight is 235 g/mol. The van der Waals surface area contributed by atoms with E-state index in [1.807, 2.05) is 12.1 Å². The van der Waals surface area contributed by atoms with E-state index in [2.05, 4.69) is 23.7 Å². The first kappa shape index (κ1) is 11.1. The van der Waals surface area contributed by atoms with Crippen LogP contribution in [0.15, 0.2) is 41.8 Å². The third-order valence-corrected chi connectivity index (χ3v) is 3.45. The van der Waals surface area contributed by atoms with Gasteiger partial charge in [0.25, 0.3) is 0 Å². The summed E-state index contributed by atoms with van der Waals surface area (Å²) in [6, 6.07) is 11.0. The molecule has 84 valence electrons. The van der Waals surface area contributed by atoms with Gasteiger partial charge in [0.1, 0.15) is 5.82 Å². The fourth-order valence-electron chi connectivity index (χ4n) is 1.64. The zero-order valence-electron chi connectivity index (χ0n) is 9.11. The first-order valence-electron chi connectivity index (χ1n) is 5.35. The van der Waals surface area contributed by atoms with Crippen LogP contribution in [-0.2, 0) is 0 Å². The van der Waals surface area contributed by atoms with Crippen molar-refractivity contribution in [2.75, 3.05) is 5.32 Å². The van der Waals surface area contributed by atoms with Gasteiger partial charge in [0.15, 0.2) is 0 Å². The van der Waals surface area contributed by atoms with Crippen LogP contribution in [0.2, 0.25) is 0 Å². The lowest BCUT2D eigenvalue weighted by molar-refractivity contribution is 0.627. The Bertz CT molecular complexity index is 439. The summed E-state index contributed by atoms with van der Waals surface area (Å²) < 4.78 is 13.0. The Hall–Kier alpha value is -1.35. The SMILES string of the molecule is CCC(Nc1cccc(F)c1)c1cccs1. The second-order valence-electron chi connectivity index (χ2n) is 3.63. The summed E-state index contributed by atoms with van der Waals surface area (Å²) in [6.45, 7) is 2.12. The molecule has 1 nitrogen and oxygen atoms in total. The second kappa shape index (κ2) is 5.12. The highest BCUT2D eigenvalue weighted by Crippen LogP contribution is 2.26. The van der Waals surface area contributed by atoms with Crippen molar-refractivity contribution in [3.05, 3.63) is 52.5 Å². The minimum Gasteiger partial charge on any atom is -0.377 e. The molecule has 0 aliphatic rings. The molecule has 0 amide bonds. The van der Waals surface area contributed by atoms with Crippen molar-refractivity contribution < 1.29 is 4.39 Å². The van der Waals surface area contributed by atoms with E-state index in [0.717, 1.165) is 12.1 Å². The number of anilines is 1. The van der Waals surface area contributed by atoms with Crippen LogP contribution in [0.3, 0.4) is 0 Å². The third kappa shape index (κ3) is 2.61. The van der Waals surface area contributed by atoms with Gasteiger partial charge in [-0.25, -0.2) is 4.39 Å². The third-order valence-electron chi connectivity index (χ3n) is 2.46. The van der Waals surface area contributed by atoms with Gasteiger partial charge in [0.2, 0.25) is 0 Å². The maximum atomic E-state index is 13.0. The number of halogens is 1. The Labute approximate surface area is 98.9 Å². The Kier molecular flexibility index (Phi) is 3.57. The molecule has 0 aliphatic heterocycles. The number of hydrogen-bond donors (Lipinski definition) is 1. The molecule has 0 fully saturated rings. The lowest BCUT2D eigenvalue weighted by Gasteiger charge is -2.16. The van der Waals surface area contributed by atoms with E-state index in [1.165, 1.54) is 17.0 Å². The van der Waals surface area contributed by atoms with Crippen LogP contribution in [0.5, 0.6) is 0 Å². The molecule has 0 aliphatic carbocycles. The lowest BCUT2D eigenvalue weighted by Crippen LogP contribution is -2.07. The van der Waals surface area contributed by atoms with Crippen molar-refractivity contribution in [3.8, 4) is 0 Å². The maximum absolute atomic E-state index is 13.0. The van der Waals surface area contributed by atoms with E-state index in [4.69, 9.17) is 0 Å². The topological polar surface area (TPSA) is 12.0 Å². The average Bonchev–Trinajstić information content (AvgIpc) is 2.79. The normalized spacial score (nSPS) is 12.4. The van der Waals surface area contributed by atoms with Crippen LogP contribution in [-0.4, -0.2) is 0 Å². The van der Waals surface area contributed by atoms with Crippen molar-refractivity contribution >= 4 is 17.0 Å². The molecule has 1 N–H and O–H groups in total. The molecule has 0 saturated heterocycles. The molecule has 16 heavy (non-hydrogen) atoms. The summed E-state index contributed by atoms with van der Waals surface area (Å²) in [6.07, 6.45) is 0.983. The predicted molar refractivity (Wildman–Crippen MR) is 67.4 cm³/mol. The van der Waals surface area contributed by atoms with Gasteiger partial charge < -0.3 is 5.32 Å². The highest BCUT2D eigenvalue weighted by Gasteiger charge is 2.09. The fourth-order valence-corrected chi connectivity index (χ4v) is 2.50. The highest BCUT2D eigenvalue weighted by atomic mass is 32.1. The maximum Gasteiger partial charge on any atom is 0.125 e. The molecule has 1 aromatic heterocycles. The molecule has 0 bridgehead atoms. The van der Waals surface area contributed by atoms with Gasteiger partial charge in [0, 0.05) is 10.6 Å². The summed E-state index contributed by atoms with van der Waals surface area (Å²) in [7, 11) is 0. The van der Waals surface area contributed by atoms with Crippen LogP contribution in [0.4, 0.5) is 10.1 Å². The van der Waals surface area contributed by atoms with E-state index in [-0.39, 0.29) is 11.9 Å². The van der Waals surface area contributed by atoms with Gasteiger partial charge in [-0.3, -0.25) is 0 Å². The second-order valence-corrected chi connectivity index (χ2v) is 4.61. The van der Waals surface area contributed by atoms with Crippen LogP contribution in [0.25, 0.3) is 0 Å². The van der Waals surface area contributed by atoms with Crippen LogP contribution >= 0.6 is 11.3 Å². The Morgan fingerprint density at radius 1 is 1.31 bits per heavy atom. The predicted octanol–water partition coefficient (Wildman–Crippen LogP) is 4.45. The van der Waals surface area contributed by atoms with Crippen LogP contribution < -0.4 is 5.32 Å². The Morgan fingerprint density at radius 3 is 2.81 bits per heavy atom. The molecule has 3 heteroatoms. The van der Waals surface area contributed by atoms with Crippen molar-refractivity contribution in [2.45, 2.75) is 19.4 Å². The zero-order valence-corrected chi connectivity index (χ0v) is 9.93. The van der Waals surface area contributed by atoms with Gasteiger partial charge >= 0.3 is 0 Å². The van der Waals surface area contributed by atoms with Gasteiger partial charge in [-0.2, -0.15) is 0 Å². The summed E-state index contributed by atoms with van der Waals surface area (Å²) >= 11 is 1.72. The first-order valence-corrected chi connectivity index (χ1v) is 6.23. The minimum absolute atomic E-state index is 0.203. The van der Waals surface area contributed by atoms with Gasteiger partial charge in [-0.15, -0.1) is 11.3 Å². The van der Waals surface area contributed by atoms with E-state index >= 15 is 0 Å². The molecular formula is C13H14FNS. The smallest absolute Gasteiger partial charge is 0.125 e. The number of rotatable bonds is 4. The molecular weight excluding hydrogens is 221 g/mol. The van der Waals surface area contributed by atoms with Crippen LogP contribution in [0, 0.1) is 5.82 Å². The van der Waals surface area contributed by atoms with Crippen molar-refractivity contribution in [1.29, 1.82) is 0 Å². The largest absolute Gasteiger partial charge is 0.377 e. The van der Waals surface area contributed by atoms with E-state index in [1.54, 1.807) is 17.4 Å². The number of benzene rings is 1. The molecule has 1 atom stereocenters. The van der Waals surface area contributed by atoms with Crippen LogP contribution in [0.1, 0.15) is 24.3 Å². The van der Waals surface area contributed by atoms with E-state index < -0.39 is 0 Å². The molecule has 1 aromatic carbocycles. The van der Waals surface area contributed by atoms with E-state index in [0.29, 0.717) is 0 Å². The first-order chi connectivity index (χ1) is 7.79. The Balaban J connectivity index is 2.13. The molecule has 0 spiro atoms. The highest BCUT2D eigenvalue weighted by molar-refractivity contribution is 7.10. The molecule has 0 radical (unpaired) electrons. The number of nitrogens with one attached hydrogen (secondary N) is 1. The quantitative estimate of drug-likeness (QED) is 0.825. The number of thiophene rings is 1. The summed E-state index contributed by atoms with van der Waals surface area (Å²) in [4.78, 5) is 1.28.